The van der Waals surface area contributed by atoms with E-state index in [1.54, 1.807) is 22.5 Å². The van der Waals surface area contributed by atoms with E-state index >= 15 is 0 Å². The minimum absolute atomic E-state index is 0.0274. The first-order chi connectivity index (χ1) is 9.88. The summed E-state index contributed by atoms with van der Waals surface area (Å²) in [5.74, 6) is 0. The molecule has 0 aromatic heterocycles. The van der Waals surface area contributed by atoms with Crippen LogP contribution in [-0.2, 0) is 16.6 Å². The van der Waals surface area contributed by atoms with E-state index in [1.807, 2.05) is 20.8 Å². The molecule has 0 radical (unpaired) electrons. The van der Waals surface area contributed by atoms with Crippen molar-refractivity contribution in [2.45, 2.75) is 64.5 Å². The molecule has 0 amide bonds. The topological polar surface area (TPSA) is 57.6 Å². The van der Waals surface area contributed by atoms with Crippen molar-refractivity contribution in [3.8, 4) is 0 Å². The Morgan fingerprint density at radius 3 is 2.48 bits per heavy atom. The molecule has 0 spiro atoms. The molecule has 0 heterocycles. The number of benzene rings is 1. The van der Waals surface area contributed by atoms with Crippen molar-refractivity contribution in [3.05, 3.63) is 29.3 Å². The van der Waals surface area contributed by atoms with Crippen molar-refractivity contribution in [2.75, 3.05) is 6.54 Å². The highest BCUT2D eigenvalue weighted by Crippen LogP contribution is 2.23. The molecule has 0 saturated heterocycles. The summed E-state index contributed by atoms with van der Waals surface area (Å²) in [5, 5.41) is 9.34. The predicted molar refractivity (Wildman–Crippen MR) is 85.7 cm³/mol. The van der Waals surface area contributed by atoms with Crippen molar-refractivity contribution in [1.29, 1.82) is 0 Å². The first-order valence-electron chi connectivity index (χ1n) is 7.60. The quantitative estimate of drug-likeness (QED) is 0.802. The second-order valence-electron chi connectivity index (χ2n) is 5.47. The van der Waals surface area contributed by atoms with E-state index in [0.717, 1.165) is 24.8 Å². The molecule has 1 N–H and O–H groups in total. The third-order valence-corrected chi connectivity index (χ3v) is 5.92. The average Bonchev–Trinajstić information content (AvgIpc) is 2.47. The van der Waals surface area contributed by atoms with Crippen LogP contribution in [0.2, 0.25) is 0 Å². The maximum absolute atomic E-state index is 12.9. The molecule has 0 aliphatic heterocycles. The zero-order chi connectivity index (χ0) is 16.0. The molecular weight excluding hydrogens is 286 g/mol. The lowest BCUT2D eigenvalue weighted by molar-refractivity contribution is 0.280. The standard InChI is InChI=1S/C16H27NO3S/c1-5-7-10-17(14(4)6-2)21(19,20)16-9-8-13(3)15(11-16)12-18/h8-9,11,14,18H,5-7,10,12H2,1-4H3. The Hall–Kier alpha value is -0.910. The molecule has 0 aliphatic carbocycles. The Morgan fingerprint density at radius 1 is 1.29 bits per heavy atom. The van der Waals surface area contributed by atoms with Crippen LogP contribution in [0.4, 0.5) is 0 Å². The van der Waals surface area contributed by atoms with E-state index in [9.17, 15) is 13.5 Å². The monoisotopic (exact) mass is 313 g/mol. The zero-order valence-electron chi connectivity index (χ0n) is 13.5. The lowest BCUT2D eigenvalue weighted by Crippen LogP contribution is -2.39. The van der Waals surface area contributed by atoms with Gasteiger partial charge in [0, 0.05) is 12.6 Å². The summed E-state index contributed by atoms with van der Waals surface area (Å²) in [7, 11) is -3.51. The Bertz CT molecular complexity index is 555. The number of hydrogen-bond donors (Lipinski definition) is 1. The first kappa shape index (κ1) is 18.1. The van der Waals surface area contributed by atoms with E-state index in [2.05, 4.69) is 6.92 Å². The number of sulfonamides is 1. The molecule has 1 atom stereocenters. The molecule has 1 rings (SSSR count). The fraction of sp³-hybridized carbons (Fsp3) is 0.625. The van der Waals surface area contributed by atoms with Gasteiger partial charge in [-0.2, -0.15) is 4.31 Å². The summed E-state index contributed by atoms with van der Waals surface area (Å²) in [6.07, 6.45) is 2.59. The third kappa shape index (κ3) is 4.28. The smallest absolute Gasteiger partial charge is 0.243 e. The van der Waals surface area contributed by atoms with Gasteiger partial charge in [-0.15, -0.1) is 0 Å². The molecule has 21 heavy (non-hydrogen) atoms. The van der Waals surface area contributed by atoms with Gasteiger partial charge in [0.1, 0.15) is 0 Å². The number of nitrogens with zero attached hydrogens (tertiary/aromatic N) is 1. The van der Waals surface area contributed by atoms with Crippen molar-refractivity contribution in [1.82, 2.24) is 4.31 Å². The highest BCUT2D eigenvalue weighted by atomic mass is 32.2. The van der Waals surface area contributed by atoms with Crippen LogP contribution in [0.1, 0.15) is 51.2 Å². The third-order valence-electron chi connectivity index (χ3n) is 3.91. The predicted octanol–water partition coefficient (Wildman–Crippen LogP) is 3.08. The second-order valence-corrected chi connectivity index (χ2v) is 7.36. The van der Waals surface area contributed by atoms with Gasteiger partial charge in [-0.05, 0) is 49.9 Å². The Morgan fingerprint density at radius 2 is 1.95 bits per heavy atom. The van der Waals surface area contributed by atoms with Crippen LogP contribution in [0.3, 0.4) is 0 Å². The van der Waals surface area contributed by atoms with Crippen molar-refractivity contribution in [2.24, 2.45) is 0 Å². The van der Waals surface area contributed by atoms with Crippen molar-refractivity contribution in [3.63, 3.8) is 0 Å². The number of rotatable bonds is 8. The lowest BCUT2D eigenvalue weighted by Gasteiger charge is -2.28. The molecule has 0 bridgehead atoms. The minimum Gasteiger partial charge on any atom is -0.392 e. The number of aryl methyl sites for hydroxylation is 1. The SMILES string of the molecule is CCCCN(C(C)CC)S(=O)(=O)c1ccc(C)c(CO)c1. The molecule has 5 heteroatoms. The van der Waals surface area contributed by atoms with E-state index in [-0.39, 0.29) is 17.5 Å². The summed E-state index contributed by atoms with van der Waals surface area (Å²) < 4.78 is 27.3. The number of unbranched alkanes of at least 4 members (excludes halogenated alkanes) is 1. The highest BCUT2D eigenvalue weighted by Gasteiger charge is 2.28. The van der Waals surface area contributed by atoms with Crippen molar-refractivity contribution < 1.29 is 13.5 Å². The van der Waals surface area contributed by atoms with E-state index in [1.165, 1.54) is 0 Å². The molecule has 0 saturated carbocycles. The molecule has 4 nitrogen and oxygen atoms in total. The van der Waals surface area contributed by atoms with Crippen LogP contribution < -0.4 is 0 Å². The average molecular weight is 313 g/mol. The van der Waals surface area contributed by atoms with Gasteiger partial charge in [-0.25, -0.2) is 8.42 Å². The van der Waals surface area contributed by atoms with E-state index < -0.39 is 10.0 Å². The number of aliphatic hydroxyl groups is 1. The molecule has 1 aromatic carbocycles. The van der Waals surface area contributed by atoms with E-state index in [4.69, 9.17) is 0 Å². The van der Waals surface area contributed by atoms with Gasteiger partial charge in [0.2, 0.25) is 10.0 Å². The van der Waals surface area contributed by atoms with Gasteiger partial charge in [0.25, 0.3) is 0 Å². The molecule has 120 valence electrons. The van der Waals surface area contributed by atoms with Gasteiger partial charge in [0.15, 0.2) is 0 Å². The van der Waals surface area contributed by atoms with Gasteiger partial charge in [0.05, 0.1) is 11.5 Å². The Labute approximate surface area is 128 Å². The Kier molecular flexibility index (Phi) is 6.84. The lowest BCUT2D eigenvalue weighted by atomic mass is 10.1. The minimum atomic E-state index is -3.51. The normalized spacial score (nSPS) is 13.6. The number of aliphatic hydroxyl groups excluding tert-OH is 1. The summed E-state index contributed by atoms with van der Waals surface area (Å²) >= 11 is 0. The van der Waals surface area contributed by atoms with Gasteiger partial charge in [-0.1, -0.05) is 26.3 Å². The van der Waals surface area contributed by atoms with Gasteiger partial charge in [-0.3, -0.25) is 0 Å². The number of hydrogen-bond acceptors (Lipinski definition) is 3. The maximum atomic E-state index is 12.9. The zero-order valence-corrected chi connectivity index (χ0v) is 14.3. The van der Waals surface area contributed by atoms with Crippen LogP contribution in [0.25, 0.3) is 0 Å². The van der Waals surface area contributed by atoms with Gasteiger partial charge < -0.3 is 5.11 Å². The van der Waals surface area contributed by atoms with Crippen LogP contribution >= 0.6 is 0 Å². The molecule has 0 fully saturated rings. The summed E-state index contributed by atoms with van der Waals surface area (Å²) in [4.78, 5) is 0.272. The molecule has 1 aromatic rings. The van der Waals surface area contributed by atoms with Crippen LogP contribution in [-0.4, -0.2) is 30.4 Å². The summed E-state index contributed by atoms with van der Waals surface area (Å²) in [6.45, 7) is 8.24. The van der Waals surface area contributed by atoms with Crippen LogP contribution in [0.5, 0.6) is 0 Å². The molecular formula is C16H27NO3S. The summed E-state index contributed by atoms with van der Waals surface area (Å²) in [6, 6.07) is 4.95. The summed E-state index contributed by atoms with van der Waals surface area (Å²) in [5.41, 5.74) is 1.57. The highest BCUT2D eigenvalue weighted by molar-refractivity contribution is 7.89. The second kappa shape index (κ2) is 7.92. The first-order valence-corrected chi connectivity index (χ1v) is 9.04. The fourth-order valence-electron chi connectivity index (χ4n) is 2.21. The maximum Gasteiger partial charge on any atom is 0.243 e. The van der Waals surface area contributed by atoms with Gasteiger partial charge >= 0.3 is 0 Å². The van der Waals surface area contributed by atoms with E-state index in [0.29, 0.717) is 12.1 Å². The van der Waals surface area contributed by atoms with Crippen LogP contribution in [0, 0.1) is 6.92 Å². The van der Waals surface area contributed by atoms with Crippen molar-refractivity contribution >= 4 is 10.0 Å². The largest absolute Gasteiger partial charge is 0.392 e. The van der Waals surface area contributed by atoms with Crippen LogP contribution in [0.15, 0.2) is 23.1 Å². The molecule has 0 aliphatic rings. The fourth-order valence-corrected chi connectivity index (χ4v) is 4.00. The Balaban J connectivity index is 3.21. The molecule has 1 unspecified atom stereocenters.